The normalized spacial score (nSPS) is 10.7. The van der Waals surface area contributed by atoms with E-state index in [1.54, 1.807) is 12.4 Å². The van der Waals surface area contributed by atoms with Gasteiger partial charge in [0.15, 0.2) is 0 Å². The summed E-state index contributed by atoms with van der Waals surface area (Å²) < 4.78 is 0. The molecule has 3 heteroatoms. The number of hydrogen-bond donors (Lipinski definition) is 0. The van der Waals surface area contributed by atoms with E-state index in [4.69, 9.17) is 0 Å². The van der Waals surface area contributed by atoms with E-state index in [2.05, 4.69) is 10.1 Å². The predicted octanol–water partition coefficient (Wildman–Crippen LogP) is 4.25. The van der Waals surface area contributed by atoms with Crippen LogP contribution < -0.4 is 5.01 Å². The first-order chi connectivity index (χ1) is 10.4. The average Bonchev–Trinajstić information content (AvgIpc) is 2.58. The minimum absolute atomic E-state index is 0.967. The second-order valence-electron chi connectivity index (χ2n) is 4.51. The van der Waals surface area contributed by atoms with Gasteiger partial charge in [-0.2, -0.15) is 5.10 Å². The van der Waals surface area contributed by atoms with Crippen LogP contribution in [0.2, 0.25) is 0 Å². The van der Waals surface area contributed by atoms with E-state index in [-0.39, 0.29) is 0 Å². The van der Waals surface area contributed by atoms with Crippen LogP contribution in [-0.4, -0.2) is 11.2 Å². The first-order valence-corrected chi connectivity index (χ1v) is 6.78. The highest BCUT2D eigenvalue weighted by atomic mass is 15.5. The zero-order chi connectivity index (χ0) is 14.3. The molecule has 0 atom stereocenters. The molecule has 3 aromatic rings. The Morgan fingerprint density at radius 2 is 1.38 bits per heavy atom. The molecule has 2 aromatic carbocycles. The molecule has 0 unspecified atom stereocenters. The summed E-state index contributed by atoms with van der Waals surface area (Å²) in [4.78, 5) is 4.10. The van der Waals surface area contributed by atoms with E-state index in [1.165, 1.54) is 0 Å². The lowest BCUT2D eigenvalue weighted by atomic mass is 10.2. The van der Waals surface area contributed by atoms with Gasteiger partial charge in [0.1, 0.15) is 0 Å². The summed E-state index contributed by atoms with van der Waals surface area (Å²) in [5.41, 5.74) is 3.00. The minimum Gasteiger partial charge on any atom is -0.264 e. The maximum Gasteiger partial charge on any atom is 0.0652 e. The summed E-state index contributed by atoms with van der Waals surface area (Å²) in [6, 6.07) is 24.0. The number of hydrazone groups is 1. The number of benzene rings is 2. The molecular formula is C18H15N3. The van der Waals surface area contributed by atoms with Crippen molar-refractivity contribution >= 4 is 17.6 Å². The van der Waals surface area contributed by atoms with E-state index >= 15 is 0 Å². The van der Waals surface area contributed by atoms with Crippen LogP contribution in [0.1, 0.15) is 5.56 Å². The van der Waals surface area contributed by atoms with Crippen LogP contribution >= 0.6 is 0 Å². The molecule has 3 nitrogen and oxygen atoms in total. The van der Waals surface area contributed by atoms with Gasteiger partial charge in [-0.1, -0.05) is 42.5 Å². The van der Waals surface area contributed by atoms with Gasteiger partial charge in [-0.25, -0.2) is 5.01 Å². The van der Waals surface area contributed by atoms with Gasteiger partial charge in [0.25, 0.3) is 0 Å². The standard InChI is InChI=1S/C18H15N3/c1-3-9-17(10-4-1)21(18-11-5-2-6-12-18)20-15-16-8-7-13-19-14-16/h1-15H. The summed E-state index contributed by atoms with van der Waals surface area (Å²) in [6.07, 6.45) is 5.36. The molecule has 1 heterocycles. The molecule has 0 fully saturated rings. The Morgan fingerprint density at radius 3 is 1.90 bits per heavy atom. The lowest BCUT2D eigenvalue weighted by Crippen LogP contribution is -2.09. The van der Waals surface area contributed by atoms with Crippen LogP contribution in [0.15, 0.2) is 90.3 Å². The van der Waals surface area contributed by atoms with E-state index in [0.29, 0.717) is 0 Å². The molecule has 0 amide bonds. The molecule has 21 heavy (non-hydrogen) atoms. The van der Waals surface area contributed by atoms with Gasteiger partial charge >= 0.3 is 0 Å². The largest absolute Gasteiger partial charge is 0.264 e. The summed E-state index contributed by atoms with van der Waals surface area (Å²) in [5, 5.41) is 6.51. The number of rotatable bonds is 4. The second-order valence-corrected chi connectivity index (χ2v) is 4.51. The summed E-state index contributed by atoms with van der Waals surface area (Å²) in [5.74, 6) is 0. The first-order valence-electron chi connectivity index (χ1n) is 6.78. The van der Waals surface area contributed by atoms with Crippen LogP contribution in [0.5, 0.6) is 0 Å². The predicted molar refractivity (Wildman–Crippen MR) is 86.9 cm³/mol. The average molecular weight is 273 g/mol. The Labute approximate surface area is 124 Å². The summed E-state index contributed by atoms with van der Waals surface area (Å²) in [6.45, 7) is 0. The molecule has 0 spiro atoms. The van der Waals surface area contributed by atoms with E-state index in [1.807, 2.05) is 84.0 Å². The number of hydrogen-bond acceptors (Lipinski definition) is 3. The zero-order valence-electron chi connectivity index (χ0n) is 11.5. The first kappa shape index (κ1) is 13.1. The van der Waals surface area contributed by atoms with Gasteiger partial charge < -0.3 is 0 Å². The number of para-hydroxylation sites is 2. The molecule has 0 N–H and O–H groups in total. The van der Waals surface area contributed by atoms with Crippen molar-refractivity contribution in [2.24, 2.45) is 5.10 Å². The molecular weight excluding hydrogens is 258 g/mol. The third kappa shape index (κ3) is 3.34. The van der Waals surface area contributed by atoms with Gasteiger partial charge in [-0.15, -0.1) is 0 Å². The Kier molecular flexibility index (Phi) is 4.03. The Bertz CT molecular complexity index is 655. The molecule has 0 radical (unpaired) electrons. The van der Waals surface area contributed by atoms with Crippen LogP contribution in [0, 0.1) is 0 Å². The topological polar surface area (TPSA) is 28.5 Å². The van der Waals surface area contributed by atoms with Crippen LogP contribution in [-0.2, 0) is 0 Å². The molecule has 1 aromatic heterocycles. The van der Waals surface area contributed by atoms with Gasteiger partial charge in [0, 0.05) is 18.0 Å². The summed E-state index contributed by atoms with van der Waals surface area (Å²) >= 11 is 0. The quantitative estimate of drug-likeness (QED) is 0.525. The number of pyridine rings is 1. The molecule has 102 valence electrons. The van der Waals surface area contributed by atoms with E-state index in [9.17, 15) is 0 Å². The molecule has 0 bridgehead atoms. The Morgan fingerprint density at radius 1 is 0.762 bits per heavy atom. The highest BCUT2D eigenvalue weighted by Gasteiger charge is 2.06. The second kappa shape index (κ2) is 6.48. The number of anilines is 2. The van der Waals surface area contributed by atoms with E-state index in [0.717, 1.165) is 16.9 Å². The van der Waals surface area contributed by atoms with Gasteiger partial charge in [0.05, 0.1) is 17.6 Å². The fraction of sp³-hybridized carbons (Fsp3) is 0. The highest BCUT2D eigenvalue weighted by molar-refractivity contribution is 5.81. The van der Waals surface area contributed by atoms with Crippen molar-refractivity contribution in [2.75, 3.05) is 5.01 Å². The van der Waals surface area contributed by atoms with Crippen LogP contribution in [0.3, 0.4) is 0 Å². The van der Waals surface area contributed by atoms with Crippen molar-refractivity contribution in [1.29, 1.82) is 0 Å². The van der Waals surface area contributed by atoms with Gasteiger partial charge in [-0.05, 0) is 30.3 Å². The molecule has 0 saturated heterocycles. The van der Waals surface area contributed by atoms with Gasteiger partial charge in [-0.3, -0.25) is 4.98 Å². The molecule has 0 aliphatic rings. The SMILES string of the molecule is C(=NN(c1ccccc1)c1ccccc1)c1cccnc1. The molecule has 0 saturated carbocycles. The monoisotopic (exact) mass is 273 g/mol. The maximum atomic E-state index is 4.60. The highest BCUT2D eigenvalue weighted by Crippen LogP contribution is 2.24. The van der Waals surface area contributed by atoms with Crippen molar-refractivity contribution in [3.8, 4) is 0 Å². The molecule has 0 aliphatic heterocycles. The number of aromatic nitrogens is 1. The van der Waals surface area contributed by atoms with Crippen molar-refractivity contribution in [3.05, 3.63) is 90.8 Å². The zero-order valence-corrected chi connectivity index (χ0v) is 11.5. The van der Waals surface area contributed by atoms with Gasteiger partial charge in [0.2, 0.25) is 0 Å². The number of nitrogens with zero attached hydrogens (tertiary/aromatic N) is 3. The lowest BCUT2D eigenvalue weighted by Gasteiger charge is -2.19. The maximum absolute atomic E-state index is 4.60. The van der Waals surface area contributed by atoms with Crippen LogP contribution in [0.25, 0.3) is 0 Å². The van der Waals surface area contributed by atoms with E-state index < -0.39 is 0 Å². The van der Waals surface area contributed by atoms with Crippen molar-refractivity contribution in [3.63, 3.8) is 0 Å². The minimum atomic E-state index is 0.967. The fourth-order valence-electron chi connectivity index (χ4n) is 2.00. The third-order valence-corrected chi connectivity index (χ3v) is 3.01. The van der Waals surface area contributed by atoms with Crippen molar-refractivity contribution in [2.45, 2.75) is 0 Å². The molecule has 0 aliphatic carbocycles. The fourth-order valence-corrected chi connectivity index (χ4v) is 2.00. The van der Waals surface area contributed by atoms with Crippen molar-refractivity contribution in [1.82, 2.24) is 4.98 Å². The van der Waals surface area contributed by atoms with Crippen LogP contribution in [0.4, 0.5) is 11.4 Å². The van der Waals surface area contributed by atoms with Crippen molar-refractivity contribution < 1.29 is 0 Å². The molecule has 3 rings (SSSR count). The summed E-state index contributed by atoms with van der Waals surface area (Å²) in [7, 11) is 0. The Hall–Kier alpha value is -2.94. The smallest absolute Gasteiger partial charge is 0.0652 e. The Balaban J connectivity index is 1.96. The lowest BCUT2D eigenvalue weighted by molar-refractivity contribution is 1.09. The third-order valence-electron chi connectivity index (χ3n) is 3.01.